The Balaban J connectivity index is 0. The Morgan fingerprint density at radius 3 is 1.41 bits per heavy atom. The van der Waals surface area contributed by atoms with Gasteiger partial charge in [0.15, 0.2) is 0 Å². The molecule has 0 aliphatic heterocycles. The molecular formula is C22H44NNaO4S. The van der Waals surface area contributed by atoms with Crippen molar-refractivity contribution in [2.45, 2.75) is 116 Å². The zero-order valence-corrected chi connectivity index (χ0v) is 22.2. The van der Waals surface area contributed by atoms with Crippen molar-refractivity contribution in [1.82, 2.24) is 4.90 Å². The van der Waals surface area contributed by atoms with Crippen LogP contribution in [0.3, 0.4) is 0 Å². The van der Waals surface area contributed by atoms with Crippen molar-refractivity contribution in [3.63, 3.8) is 0 Å². The van der Waals surface area contributed by atoms with Crippen LogP contribution in [-0.4, -0.2) is 43.1 Å². The molecule has 0 heterocycles. The van der Waals surface area contributed by atoms with Crippen molar-refractivity contribution in [2.24, 2.45) is 0 Å². The third-order valence-corrected chi connectivity index (χ3v) is 6.03. The van der Waals surface area contributed by atoms with E-state index in [2.05, 4.69) is 6.92 Å². The maximum absolute atomic E-state index is 11.8. The van der Waals surface area contributed by atoms with Crippen LogP contribution >= 0.6 is 0 Å². The van der Waals surface area contributed by atoms with Crippen LogP contribution in [0, 0.1) is 0 Å². The van der Waals surface area contributed by atoms with Crippen molar-refractivity contribution in [3.05, 3.63) is 0 Å². The van der Waals surface area contributed by atoms with Crippen molar-refractivity contribution in [1.29, 1.82) is 0 Å². The first-order valence-corrected chi connectivity index (χ1v) is 13.1. The molecule has 0 fully saturated rings. The van der Waals surface area contributed by atoms with Gasteiger partial charge < -0.3 is 9.45 Å². The van der Waals surface area contributed by atoms with Gasteiger partial charge in [0.1, 0.15) is 0 Å². The normalized spacial score (nSPS) is 11.3. The first-order chi connectivity index (χ1) is 13.4. The molecule has 1 amide bonds. The average Bonchev–Trinajstić information content (AvgIpc) is 2.65. The number of amides is 1. The van der Waals surface area contributed by atoms with Crippen LogP contribution in [0.2, 0.25) is 0 Å². The molecule has 0 atom stereocenters. The van der Waals surface area contributed by atoms with Crippen molar-refractivity contribution >= 4 is 16.0 Å². The second-order valence-corrected chi connectivity index (χ2v) is 9.65. The fourth-order valence-corrected chi connectivity index (χ4v) is 3.89. The van der Waals surface area contributed by atoms with Crippen LogP contribution in [-0.2, 0) is 14.9 Å². The molecule has 0 aromatic rings. The minimum atomic E-state index is -4.25. The van der Waals surface area contributed by atoms with E-state index in [4.69, 9.17) is 0 Å². The molecular weight excluding hydrogens is 397 g/mol. The smallest absolute Gasteiger partial charge is 0.748 e. The van der Waals surface area contributed by atoms with Gasteiger partial charge in [-0.25, -0.2) is 8.42 Å². The number of nitrogens with zero attached hydrogens (tertiary/aromatic N) is 1. The van der Waals surface area contributed by atoms with E-state index in [0.29, 0.717) is 6.42 Å². The number of hydrogen-bond acceptors (Lipinski definition) is 4. The zero-order chi connectivity index (χ0) is 21.1. The van der Waals surface area contributed by atoms with E-state index < -0.39 is 15.9 Å². The largest absolute Gasteiger partial charge is 1.00 e. The standard InChI is InChI=1S/C22H45NO4S.Na/c1-3-4-5-6-7-8-9-10-11-12-13-14-15-16-17-18-19-22(24)23(2)20-21-28(25,26)27;/h3-21H2,1-2H3,(H,25,26,27);/q;+1/p-1. The summed E-state index contributed by atoms with van der Waals surface area (Å²) in [6.07, 6.45) is 21.2. The number of rotatable bonds is 20. The Labute approximate surface area is 202 Å². The Bertz CT molecular complexity index is 471. The Morgan fingerprint density at radius 1 is 0.724 bits per heavy atom. The molecule has 7 heteroatoms. The molecule has 29 heavy (non-hydrogen) atoms. The van der Waals surface area contributed by atoms with Crippen LogP contribution in [0.5, 0.6) is 0 Å². The van der Waals surface area contributed by atoms with Crippen LogP contribution < -0.4 is 29.6 Å². The first kappa shape index (κ1) is 31.6. The van der Waals surface area contributed by atoms with Crippen LogP contribution in [0.4, 0.5) is 0 Å². The summed E-state index contributed by atoms with van der Waals surface area (Å²) in [6.45, 7) is 2.25. The topological polar surface area (TPSA) is 77.5 Å². The molecule has 0 aliphatic rings. The first-order valence-electron chi connectivity index (χ1n) is 11.5. The van der Waals surface area contributed by atoms with E-state index in [1.54, 1.807) is 7.05 Å². The molecule has 0 aliphatic carbocycles. The maximum atomic E-state index is 11.8. The monoisotopic (exact) mass is 441 g/mol. The van der Waals surface area contributed by atoms with Gasteiger partial charge in [0, 0.05) is 20.0 Å². The van der Waals surface area contributed by atoms with E-state index in [0.717, 1.165) is 19.3 Å². The number of hydrogen-bond donors (Lipinski definition) is 0. The zero-order valence-electron chi connectivity index (χ0n) is 19.4. The second kappa shape index (κ2) is 21.6. The predicted octanol–water partition coefficient (Wildman–Crippen LogP) is 2.65. The van der Waals surface area contributed by atoms with Crippen molar-refractivity contribution in [3.8, 4) is 0 Å². The van der Waals surface area contributed by atoms with Gasteiger partial charge in [-0.3, -0.25) is 4.79 Å². The molecule has 0 N–H and O–H groups in total. The Morgan fingerprint density at radius 2 is 1.07 bits per heavy atom. The van der Waals surface area contributed by atoms with E-state index in [1.165, 1.54) is 88.4 Å². The average molecular weight is 442 g/mol. The molecule has 0 bridgehead atoms. The third kappa shape index (κ3) is 24.5. The number of unbranched alkanes of at least 4 members (excludes halogenated alkanes) is 15. The molecule has 0 spiro atoms. The summed E-state index contributed by atoms with van der Waals surface area (Å²) < 4.78 is 31.7. The molecule has 0 saturated heterocycles. The van der Waals surface area contributed by atoms with Gasteiger partial charge in [-0.1, -0.05) is 103 Å². The van der Waals surface area contributed by atoms with Crippen molar-refractivity contribution in [2.75, 3.05) is 19.3 Å². The van der Waals surface area contributed by atoms with Crippen LogP contribution in [0.15, 0.2) is 0 Å². The van der Waals surface area contributed by atoms with Gasteiger partial charge in [-0.05, 0) is 6.42 Å². The summed E-state index contributed by atoms with van der Waals surface area (Å²) in [6, 6.07) is 0. The van der Waals surface area contributed by atoms with E-state index in [1.807, 2.05) is 0 Å². The van der Waals surface area contributed by atoms with Gasteiger partial charge in [0.2, 0.25) is 5.91 Å². The summed E-state index contributed by atoms with van der Waals surface area (Å²) in [5.74, 6) is -0.581. The van der Waals surface area contributed by atoms with Crippen LogP contribution in [0.1, 0.15) is 116 Å². The third-order valence-electron chi connectivity index (χ3n) is 5.35. The second-order valence-electron chi connectivity index (χ2n) is 8.13. The summed E-state index contributed by atoms with van der Waals surface area (Å²) in [5.41, 5.74) is 0. The SMILES string of the molecule is CCCCCCCCCCCCCCCCCCC(=O)N(C)CCS(=O)(=O)[O-].[Na+]. The summed E-state index contributed by atoms with van der Waals surface area (Å²) in [4.78, 5) is 13.2. The molecule has 168 valence electrons. The van der Waals surface area contributed by atoms with Crippen molar-refractivity contribution < 1.29 is 47.3 Å². The van der Waals surface area contributed by atoms with Gasteiger partial charge in [0.25, 0.3) is 0 Å². The fourth-order valence-electron chi connectivity index (χ4n) is 3.39. The molecule has 0 unspecified atom stereocenters. The minimum Gasteiger partial charge on any atom is -0.748 e. The van der Waals surface area contributed by atoms with E-state index in [9.17, 15) is 17.8 Å². The quantitative estimate of drug-likeness (QED) is 0.165. The summed E-state index contributed by atoms with van der Waals surface area (Å²) >= 11 is 0. The fraction of sp³-hybridized carbons (Fsp3) is 0.955. The Kier molecular flexibility index (Phi) is 23.5. The molecule has 0 aromatic carbocycles. The van der Waals surface area contributed by atoms with Gasteiger partial charge >= 0.3 is 29.6 Å². The van der Waals surface area contributed by atoms with Gasteiger partial charge in [-0.15, -0.1) is 0 Å². The van der Waals surface area contributed by atoms with E-state index in [-0.39, 0.29) is 42.0 Å². The van der Waals surface area contributed by atoms with Gasteiger partial charge in [0.05, 0.1) is 15.9 Å². The van der Waals surface area contributed by atoms with E-state index >= 15 is 0 Å². The predicted molar refractivity (Wildman–Crippen MR) is 116 cm³/mol. The number of carbonyl (C=O) groups is 1. The molecule has 0 aromatic heterocycles. The molecule has 0 radical (unpaired) electrons. The van der Waals surface area contributed by atoms with Crippen LogP contribution in [0.25, 0.3) is 0 Å². The molecule has 0 saturated carbocycles. The summed E-state index contributed by atoms with van der Waals surface area (Å²) in [7, 11) is -2.69. The number of carbonyl (C=O) groups excluding carboxylic acids is 1. The minimum absolute atomic E-state index is 0. The molecule has 0 rings (SSSR count). The Hall–Kier alpha value is 0.380. The molecule has 5 nitrogen and oxygen atoms in total. The maximum Gasteiger partial charge on any atom is 1.00 e. The summed E-state index contributed by atoms with van der Waals surface area (Å²) in [5, 5.41) is 0. The van der Waals surface area contributed by atoms with Gasteiger partial charge in [-0.2, -0.15) is 0 Å².